The van der Waals surface area contributed by atoms with E-state index < -0.39 is 0 Å². The lowest BCUT2D eigenvalue weighted by atomic mass is 10.2. The van der Waals surface area contributed by atoms with E-state index >= 15 is 0 Å². The summed E-state index contributed by atoms with van der Waals surface area (Å²) in [6.45, 7) is 0.351. The first-order chi connectivity index (χ1) is 10.2. The van der Waals surface area contributed by atoms with Gasteiger partial charge in [0.05, 0.1) is 18.3 Å². The Morgan fingerprint density at radius 2 is 2.24 bits per heavy atom. The average Bonchev–Trinajstić information content (AvgIpc) is 3.02. The minimum Gasteiger partial charge on any atom is -0.294 e. The van der Waals surface area contributed by atoms with Gasteiger partial charge in [0, 0.05) is 4.88 Å². The standard InChI is InChI=1S/C16H13FN2OS/c17-11-4-1-3-10(7-11)8-19-9-18-15-14(16(19)20)12-5-2-6-13(12)21-15/h1,3-4,7,9H,2,5-6,8H2. The van der Waals surface area contributed by atoms with Gasteiger partial charge in [-0.1, -0.05) is 12.1 Å². The van der Waals surface area contributed by atoms with Gasteiger partial charge in [0.15, 0.2) is 0 Å². The van der Waals surface area contributed by atoms with Crippen LogP contribution in [0, 0.1) is 5.82 Å². The quantitative estimate of drug-likeness (QED) is 0.729. The SMILES string of the molecule is O=c1c2c3c(sc2ncn1Cc1cccc(F)c1)CCC3. The number of fused-ring (bicyclic) bond motifs is 3. The van der Waals surface area contributed by atoms with Crippen LogP contribution in [0.1, 0.15) is 22.4 Å². The molecule has 0 spiro atoms. The molecule has 21 heavy (non-hydrogen) atoms. The second kappa shape index (κ2) is 4.77. The van der Waals surface area contributed by atoms with E-state index in [9.17, 15) is 9.18 Å². The van der Waals surface area contributed by atoms with Gasteiger partial charge in [-0.25, -0.2) is 9.37 Å². The monoisotopic (exact) mass is 300 g/mol. The molecule has 5 heteroatoms. The van der Waals surface area contributed by atoms with Gasteiger partial charge in [-0.2, -0.15) is 0 Å². The molecule has 3 nitrogen and oxygen atoms in total. The lowest BCUT2D eigenvalue weighted by Crippen LogP contribution is -2.21. The topological polar surface area (TPSA) is 34.9 Å². The molecule has 0 atom stereocenters. The van der Waals surface area contributed by atoms with Crippen molar-refractivity contribution in [2.24, 2.45) is 0 Å². The molecule has 2 heterocycles. The molecule has 0 N–H and O–H groups in total. The summed E-state index contributed by atoms with van der Waals surface area (Å²) in [4.78, 5) is 19.2. The molecule has 0 fully saturated rings. The molecule has 0 bridgehead atoms. The van der Waals surface area contributed by atoms with E-state index in [4.69, 9.17) is 0 Å². The van der Waals surface area contributed by atoms with Gasteiger partial charge in [0.25, 0.3) is 5.56 Å². The number of halogens is 1. The summed E-state index contributed by atoms with van der Waals surface area (Å²) >= 11 is 1.63. The number of hydrogen-bond acceptors (Lipinski definition) is 3. The maximum absolute atomic E-state index is 13.3. The van der Waals surface area contributed by atoms with E-state index in [1.54, 1.807) is 28.3 Å². The fourth-order valence-corrected chi connectivity index (χ4v) is 4.18. The second-order valence-corrected chi connectivity index (χ2v) is 6.43. The van der Waals surface area contributed by atoms with E-state index in [-0.39, 0.29) is 11.4 Å². The summed E-state index contributed by atoms with van der Waals surface area (Å²) in [6, 6.07) is 6.33. The number of benzene rings is 1. The second-order valence-electron chi connectivity index (χ2n) is 5.35. The van der Waals surface area contributed by atoms with Crippen LogP contribution in [0.5, 0.6) is 0 Å². The van der Waals surface area contributed by atoms with E-state index in [1.165, 1.54) is 22.6 Å². The summed E-state index contributed by atoms with van der Waals surface area (Å²) < 4.78 is 14.8. The molecule has 0 unspecified atom stereocenters. The molecule has 1 aliphatic rings. The van der Waals surface area contributed by atoms with Crippen LogP contribution in [0.3, 0.4) is 0 Å². The zero-order chi connectivity index (χ0) is 14.4. The van der Waals surface area contributed by atoms with Crippen molar-refractivity contribution in [1.82, 2.24) is 9.55 Å². The number of hydrogen-bond donors (Lipinski definition) is 0. The maximum atomic E-state index is 13.3. The van der Waals surface area contributed by atoms with Crippen molar-refractivity contribution in [3.8, 4) is 0 Å². The number of thiophene rings is 1. The van der Waals surface area contributed by atoms with Gasteiger partial charge in [0.1, 0.15) is 10.6 Å². The summed E-state index contributed by atoms with van der Waals surface area (Å²) in [5.74, 6) is -0.286. The molecular weight excluding hydrogens is 287 g/mol. The third-order valence-electron chi connectivity index (χ3n) is 3.93. The molecule has 0 amide bonds. The predicted octanol–water partition coefficient (Wildman–Crippen LogP) is 3.13. The highest BCUT2D eigenvalue weighted by Crippen LogP contribution is 2.34. The smallest absolute Gasteiger partial charge is 0.262 e. The molecule has 0 saturated heterocycles. The minimum absolute atomic E-state index is 0.0105. The minimum atomic E-state index is -0.286. The number of nitrogens with zero attached hydrogens (tertiary/aromatic N) is 2. The number of rotatable bonds is 2. The Balaban J connectivity index is 1.83. The third kappa shape index (κ3) is 2.08. The maximum Gasteiger partial charge on any atom is 0.262 e. The first-order valence-corrected chi connectivity index (χ1v) is 7.78. The van der Waals surface area contributed by atoms with Crippen LogP contribution in [0.4, 0.5) is 4.39 Å². The number of aromatic nitrogens is 2. The van der Waals surface area contributed by atoms with E-state index in [2.05, 4.69) is 4.98 Å². The third-order valence-corrected chi connectivity index (χ3v) is 5.13. The van der Waals surface area contributed by atoms with Gasteiger partial charge < -0.3 is 0 Å². The first-order valence-electron chi connectivity index (χ1n) is 6.96. The van der Waals surface area contributed by atoms with Crippen molar-refractivity contribution in [3.63, 3.8) is 0 Å². The van der Waals surface area contributed by atoms with Crippen LogP contribution in [0.2, 0.25) is 0 Å². The van der Waals surface area contributed by atoms with Crippen LogP contribution >= 0.6 is 11.3 Å². The fourth-order valence-electron chi connectivity index (χ4n) is 2.96. The molecule has 0 aliphatic heterocycles. The zero-order valence-corrected chi connectivity index (χ0v) is 12.1. The van der Waals surface area contributed by atoms with Crippen LogP contribution in [-0.2, 0) is 19.4 Å². The normalized spacial score (nSPS) is 13.8. The summed E-state index contributed by atoms with van der Waals surface area (Å²) in [5, 5.41) is 0.770. The predicted molar refractivity (Wildman–Crippen MR) is 81.4 cm³/mol. The Morgan fingerprint density at radius 3 is 3.10 bits per heavy atom. The largest absolute Gasteiger partial charge is 0.294 e. The highest BCUT2D eigenvalue weighted by molar-refractivity contribution is 7.18. The molecule has 1 aromatic carbocycles. The Labute approximate surface area is 124 Å². The van der Waals surface area contributed by atoms with Crippen LogP contribution in [-0.4, -0.2) is 9.55 Å². The van der Waals surface area contributed by atoms with Crippen molar-refractivity contribution >= 4 is 21.6 Å². The van der Waals surface area contributed by atoms with E-state index in [1.807, 2.05) is 6.07 Å². The Morgan fingerprint density at radius 1 is 1.33 bits per heavy atom. The van der Waals surface area contributed by atoms with E-state index in [0.717, 1.165) is 35.0 Å². The molecule has 106 valence electrons. The van der Waals surface area contributed by atoms with Gasteiger partial charge in [-0.15, -0.1) is 11.3 Å². The highest BCUT2D eigenvalue weighted by Gasteiger charge is 2.21. The van der Waals surface area contributed by atoms with Gasteiger partial charge in [-0.05, 0) is 42.5 Å². The number of aryl methyl sites for hydroxylation is 2. The molecule has 1 aliphatic carbocycles. The van der Waals surface area contributed by atoms with Crippen LogP contribution in [0.15, 0.2) is 35.4 Å². The summed E-state index contributed by atoms with van der Waals surface area (Å²) in [5.41, 5.74) is 1.94. The van der Waals surface area contributed by atoms with Crippen molar-refractivity contribution in [2.75, 3.05) is 0 Å². The van der Waals surface area contributed by atoms with Crippen molar-refractivity contribution in [2.45, 2.75) is 25.8 Å². The lowest BCUT2D eigenvalue weighted by molar-refractivity contribution is 0.622. The van der Waals surface area contributed by atoms with Crippen molar-refractivity contribution in [1.29, 1.82) is 0 Å². The van der Waals surface area contributed by atoms with Crippen molar-refractivity contribution < 1.29 is 4.39 Å². The molecule has 3 aromatic rings. The molecular formula is C16H13FN2OS. The van der Waals surface area contributed by atoms with Crippen LogP contribution in [0.25, 0.3) is 10.2 Å². The molecule has 0 radical (unpaired) electrons. The van der Waals surface area contributed by atoms with E-state index in [0.29, 0.717) is 6.54 Å². The van der Waals surface area contributed by atoms with Gasteiger partial charge in [-0.3, -0.25) is 9.36 Å². The average molecular weight is 300 g/mol. The summed E-state index contributed by atoms with van der Waals surface area (Å²) in [7, 11) is 0. The van der Waals surface area contributed by atoms with Gasteiger partial charge in [0.2, 0.25) is 0 Å². The zero-order valence-electron chi connectivity index (χ0n) is 11.3. The Bertz CT molecular complexity index is 897. The molecule has 0 saturated carbocycles. The fraction of sp³-hybridized carbons (Fsp3) is 0.250. The molecule has 4 rings (SSSR count). The van der Waals surface area contributed by atoms with Crippen LogP contribution < -0.4 is 5.56 Å². The lowest BCUT2D eigenvalue weighted by Gasteiger charge is -2.06. The Hall–Kier alpha value is -2.01. The Kier molecular flexibility index (Phi) is 2.89. The van der Waals surface area contributed by atoms with Crippen molar-refractivity contribution in [3.05, 3.63) is 62.8 Å². The highest BCUT2D eigenvalue weighted by atomic mass is 32.1. The van der Waals surface area contributed by atoms with Gasteiger partial charge >= 0.3 is 0 Å². The molecule has 2 aromatic heterocycles. The first kappa shape index (κ1) is 12.7. The summed E-state index contributed by atoms with van der Waals surface area (Å²) in [6.07, 6.45) is 4.71.